The molecule has 0 radical (unpaired) electrons. The smallest absolute Gasteiger partial charge is 0.289 e. The Morgan fingerprint density at radius 2 is 2.15 bits per heavy atom. The topological polar surface area (TPSA) is 130 Å². The minimum atomic E-state index is -4.10. The quantitative estimate of drug-likeness (QED) is 0.492. The van der Waals surface area contributed by atoms with Crippen LogP contribution in [-0.4, -0.2) is 30.7 Å². The molecular weight excluding hydrogens is 284 g/mol. The maximum atomic E-state index is 12.4. The van der Waals surface area contributed by atoms with Gasteiger partial charge >= 0.3 is 0 Å². The minimum absolute atomic E-state index is 0.0220. The van der Waals surface area contributed by atoms with E-state index in [9.17, 15) is 18.5 Å². The molecule has 108 valence electrons. The van der Waals surface area contributed by atoms with Crippen LogP contribution in [0.25, 0.3) is 0 Å². The summed E-state index contributed by atoms with van der Waals surface area (Å²) in [7, 11) is -2.83. The molecule has 9 heteroatoms. The lowest BCUT2D eigenvalue weighted by Crippen LogP contribution is -2.35. The summed E-state index contributed by atoms with van der Waals surface area (Å²) in [6.45, 7) is 1.54. The fraction of sp³-hybridized carbons (Fsp3) is 0.364. The second-order valence-corrected chi connectivity index (χ2v) is 6.18. The van der Waals surface area contributed by atoms with E-state index in [-0.39, 0.29) is 12.1 Å². The van der Waals surface area contributed by atoms with E-state index in [1.807, 2.05) is 6.07 Å². The van der Waals surface area contributed by atoms with Crippen LogP contribution in [-0.2, 0) is 10.0 Å². The molecule has 8 nitrogen and oxygen atoms in total. The Kier molecular flexibility index (Phi) is 4.65. The molecule has 1 aromatic carbocycles. The second kappa shape index (κ2) is 5.85. The van der Waals surface area contributed by atoms with Crippen LogP contribution < -0.4 is 5.73 Å². The maximum absolute atomic E-state index is 12.4. The minimum Gasteiger partial charge on any atom is -0.399 e. The highest BCUT2D eigenvalue weighted by molar-refractivity contribution is 7.89. The van der Waals surface area contributed by atoms with Crippen LogP contribution in [0.4, 0.5) is 11.4 Å². The van der Waals surface area contributed by atoms with Crippen LogP contribution in [0.1, 0.15) is 13.3 Å². The van der Waals surface area contributed by atoms with Crippen molar-refractivity contribution in [3.63, 3.8) is 0 Å². The SMILES string of the molecule is CC(CC#N)N(C)S(=O)(=O)c1cc(N)ccc1[N+](=O)[O-]. The Labute approximate surface area is 116 Å². The molecule has 2 N–H and O–H groups in total. The van der Waals surface area contributed by atoms with Gasteiger partial charge in [-0.15, -0.1) is 0 Å². The van der Waals surface area contributed by atoms with Gasteiger partial charge in [0.15, 0.2) is 4.90 Å². The lowest BCUT2D eigenvalue weighted by atomic mass is 10.3. The van der Waals surface area contributed by atoms with Crippen molar-refractivity contribution < 1.29 is 13.3 Å². The van der Waals surface area contributed by atoms with Crippen LogP contribution >= 0.6 is 0 Å². The van der Waals surface area contributed by atoms with Gasteiger partial charge < -0.3 is 5.73 Å². The fourth-order valence-corrected chi connectivity index (χ4v) is 3.09. The largest absolute Gasteiger partial charge is 0.399 e. The molecule has 0 bridgehead atoms. The van der Waals surface area contributed by atoms with Gasteiger partial charge in [-0.3, -0.25) is 10.1 Å². The van der Waals surface area contributed by atoms with Crippen molar-refractivity contribution in [2.24, 2.45) is 0 Å². The van der Waals surface area contributed by atoms with Gasteiger partial charge in [-0.1, -0.05) is 0 Å². The Morgan fingerprint density at radius 3 is 2.65 bits per heavy atom. The zero-order chi connectivity index (χ0) is 15.5. The van der Waals surface area contributed by atoms with E-state index in [1.54, 1.807) is 6.92 Å². The molecule has 0 aliphatic rings. The van der Waals surface area contributed by atoms with Gasteiger partial charge in [0.05, 0.1) is 17.4 Å². The summed E-state index contributed by atoms with van der Waals surface area (Å²) in [4.78, 5) is 9.67. The van der Waals surface area contributed by atoms with E-state index in [4.69, 9.17) is 11.0 Å². The molecule has 0 heterocycles. The van der Waals surface area contributed by atoms with Gasteiger partial charge in [0.1, 0.15) is 0 Å². The van der Waals surface area contributed by atoms with E-state index in [2.05, 4.69) is 0 Å². The van der Waals surface area contributed by atoms with Gasteiger partial charge in [0.2, 0.25) is 10.0 Å². The average Bonchev–Trinajstić information content (AvgIpc) is 2.37. The molecular formula is C11H14N4O4S. The second-order valence-electron chi connectivity index (χ2n) is 4.22. The number of rotatable bonds is 5. The highest BCUT2D eigenvalue weighted by Crippen LogP contribution is 2.29. The zero-order valence-electron chi connectivity index (χ0n) is 11.0. The van der Waals surface area contributed by atoms with Crippen molar-refractivity contribution >= 4 is 21.4 Å². The van der Waals surface area contributed by atoms with Crippen molar-refractivity contribution in [3.05, 3.63) is 28.3 Å². The Bertz CT molecular complexity index is 665. The molecule has 0 saturated carbocycles. The molecule has 0 aromatic heterocycles. The van der Waals surface area contributed by atoms with Crippen molar-refractivity contribution in [2.45, 2.75) is 24.3 Å². The van der Waals surface area contributed by atoms with E-state index in [0.29, 0.717) is 0 Å². The average molecular weight is 298 g/mol. The van der Waals surface area contributed by atoms with Crippen LogP contribution in [0.15, 0.2) is 23.1 Å². The van der Waals surface area contributed by atoms with Crippen molar-refractivity contribution in [1.29, 1.82) is 5.26 Å². The number of hydrogen-bond donors (Lipinski definition) is 1. The van der Waals surface area contributed by atoms with E-state index < -0.39 is 31.6 Å². The summed E-state index contributed by atoms with van der Waals surface area (Å²) in [5.41, 5.74) is 5.06. The van der Waals surface area contributed by atoms with Gasteiger partial charge in [-0.25, -0.2) is 8.42 Å². The molecule has 20 heavy (non-hydrogen) atoms. The van der Waals surface area contributed by atoms with Crippen molar-refractivity contribution in [3.8, 4) is 6.07 Å². The first-order chi connectivity index (χ1) is 9.21. The number of anilines is 1. The number of benzene rings is 1. The zero-order valence-corrected chi connectivity index (χ0v) is 11.8. The van der Waals surface area contributed by atoms with Crippen molar-refractivity contribution in [1.82, 2.24) is 4.31 Å². The molecule has 0 amide bonds. The number of sulfonamides is 1. The summed E-state index contributed by atoms with van der Waals surface area (Å²) in [6, 6.07) is 4.60. The Hall–Kier alpha value is -2.18. The number of nitrogen functional groups attached to an aromatic ring is 1. The first-order valence-electron chi connectivity index (χ1n) is 5.60. The molecule has 0 aliphatic carbocycles. The molecule has 1 atom stereocenters. The Morgan fingerprint density at radius 1 is 1.55 bits per heavy atom. The lowest BCUT2D eigenvalue weighted by molar-refractivity contribution is -0.387. The number of nitro benzene ring substituents is 1. The number of nitriles is 1. The standard InChI is InChI=1S/C11H14N4O4S/c1-8(5-6-12)14(2)20(18,19)11-7-9(13)3-4-10(11)15(16)17/h3-4,7-8H,5,13H2,1-2H3. The third kappa shape index (κ3) is 3.04. The molecule has 0 saturated heterocycles. The van der Waals surface area contributed by atoms with Crippen molar-refractivity contribution in [2.75, 3.05) is 12.8 Å². The van der Waals surface area contributed by atoms with Crippen LogP contribution in [0.5, 0.6) is 0 Å². The normalized spacial score (nSPS) is 12.9. The van der Waals surface area contributed by atoms with Crippen LogP contribution in [0.3, 0.4) is 0 Å². The lowest BCUT2D eigenvalue weighted by Gasteiger charge is -2.22. The Balaban J connectivity index is 3.39. The predicted molar refractivity (Wildman–Crippen MR) is 72.1 cm³/mol. The van der Waals surface area contributed by atoms with E-state index in [1.165, 1.54) is 13.1 Å². The van der Waals surface area contributed by atoms with Gasteiger partial charge in [-0.2, -0.15) is 9.57 Å². The number of hydrogen-bond acceptors (Lipinski definition) is 6. The summed E-state index contributed by atoms with van der Waals surface area (Å²) >= 11 is 0. The molecule has 0 spiro atoms. The first kappa shape index (κ1) is 15.9. The molecule has 1 rings (SSSR count). The van der Waals surface area contributed by atoms with Gasteiger partial charge in [0.25, 0.3) is 5.69 Å². The van der Waals surface area contributed by atoms with Gasteiger partial charge in [0, 0.05) is 24.8 Å². The van der Waals surface area contributed by atoms with Crippen LogP contribution in [0.2, 0.25) is 0 Å². The number of nitro groups is 1. The number of nitrogens with two attached hydrogens (primary N) is 1. The van der Waals surface area contributed by atoms with Crippen LogP contribution in [0, 0.1) is 21.4 Å². The first-order valence-corrected chi connectivity index (χ1v) is 7.04. The summed E-state index contributed by atoms with van der Waals surface area (Å²) in [5, 5.41) is 19.5. The summed E-state index contributed by atoms with van der Waals surface area (Å²) in [5.74, 6) is 0. The monoisotopic (exact) mass is 298 g/mol. The van der Waals surface area contributed by atoms with E-state index in [0.717, 1.165) is 16.4 Å². The van der Waals surface area contributed by atoms with E-state index >= 15 is 0 Å². The third-order valence-electron chi connectivity index (χ3n) is 2.85. The molecule has 0 fully saturated rings. The maximum Gasteiger partial charge on any atom is 0.289 e. The fourth-order valence-electron chi connectivity index (χ4n) is 1.54. The third-order valence-corrected chi connectivity index (χ3v) is 4.85. The predicted octanol–water partition coefficient (Wildman–Crippen LogP) is 1.10. The highest BCUT2D eigenvalue weighted by atomic mass is 32.2. The molecule has 1 aromatic rings. The molecule has 0 aliphatic heterocycles. The summed E-state index contributed by atoms with van der Waals surface area (Å²) in [6.07, 6.45) is -0.0220. The van der Waals surface area contributed by atoms with Gasteiger partial charge in [-0.05, 0) is 19.1 Å². The highest BCUT2D eigenvalue weighted by Gasteiger charge is 2.32. The summed E-state index contributed by atoms with van der Waals surface area (Å²) < 4.78 is 25.7. The molecule has 1 unspecified atom stereocenters. The number of nitrogens with zero attached hydrogens (tertiary/aromatic N) is 3.